The molecular formula is C16H17FN4. The Morgan fingerprint density at radius 1 is 1.24 bits per heavy atom. The van der Waals surface area contributed by atoms with Crippen molar-refractivity contribution >= 4 is 11.0 Å². The third-order valence-electron chi connectivity index (χ3n) is 3.79. The third-order valence-corrected chi connectivity index (χ3v) is 3.79. The van der Waals surface area contributed by atoms with Crippen molar-refractivity contribution in [3.63, 3.8) is 0 Å². The van der Waals surface area contributed by atoms with Crippen LogP contribution in [0.1, 0.15) is 24.1 Å². The molecule has 0 fully saturated rings. The van der Waals surface area contributed by atoms with E-state index in [1.165, 1.54) is 0 Å². The molecule has 0 aliphatic heterocycles. The van der Waals surface area contributed by atoms with Gasteiger partial charge >= 0.3 is 0 Å². The fourth-order valence-corrected chi connectivity index (χ4v) is 2.41. The van der Waals surface area contributed by atoms with Crippen molar-refractivity contribution in [3.05, 3.63) is 53.3 Å². The van der Waals surface area contributed by atoms with Crippen LogP contribution < -0.4 is 5.32 Å². The zero-order valence-electron chi connectivity index (χ0n) is 12.3. The molecule has 4 nitrogen and oxygen atoms in total. The molecule has 1 unspecified atom stereocenters. The van der Waals surface area contributed by atoms with Crippen molar-refractivity contribution in [1.82, 2.24) is 20.3 Å². The first kappa shape index (κ1) is 13.7. The van der Waals surface area contributed by atoms with Crippen molar-refractivity contribution in [2.75, 3.05) is 7.05 Å². The van der Waals surface area contributed by atoms with E-state index in [-0.39, 0.29) is 11.9 Å². The number of nitrogens with zero attached hydrogens (tertiary/aromatic N) is 3. The van der Waals surface area contributed by atoms with Gasteiger partial charge in [0, 0.05) is 6.04 Å². The highest BCUT2D eigenvalue weighted by Crippen LogP contribution is 2.26. The number of rotatable bonds is 3. The van der Waals surface area contributed by atoms with Crippen LogP contribution in [-0.4, -0.2) is 22.0 Å². The Bertz CT molecular complexity index is 794. The number of aromatic nitrogens is 3. The summed E-state index contributed by atoms with van der Waals surface area (Å²) in [7, 11) is 1.85. The second kappa shape index (κ2) is 5.26. The number of aryl methyl sites for hydroxylation is 1. The number of benzene rings is 2. The lowest BCUT2D eigenvalue weighted by molar-refractivity contribution is 0.597. The SMILES string of the molecule is CNC(C)c1cc(F)c(C)cc1-n1nnc2ccccc21. The minimum absolute atomic E-state index is 0.0121. The van der Waals surface area contributed by atoms with E-state index in [9.17, 15) is 4.39 Å². The summed E-state index contributed by atoms with van der Waals surface area (Å²) in [5.74, 6) is -0.208. The summed E-state index contributed by atoms with van der Waals surface area (Å²) in [5.41, 5.74) is 4.04. The molecule has 3 aromatic rings. The van der Waals surface area contributed by atoms with Crippen LogP contribution in [0.4, 0.5) is 4.39 Å². The van der Waals surface area contributed by atoms with Gasteiger partial charge in [-0.25, -0.2) is 9.07 Å². The average molecular weight is 284 g/mol. The second-order valence-corrected chi connectivity index (χ2v) is 5.16. The van der Waals surface area contributed by atoms with Crippen molar-refractivity contribution in [2.45, 2.75) is 19.9 Å². The fourth-order valence-electron chi connectivity index (χ4n) is 2.41. The van der Waals surface area contributed by atoms with E-state index in [0.717, 1.165) is 22.3 Å². The molecule has 0 aliphatic carbocycles. The standard InChI is InChI=1S/C16H17FN4/c1-10-8-16(12(9-13(10)17)11(2)18-3)21-15-7-5-4-6-14(15)19-20-21/h4-9,11,18H,1-3H3. The van der Waals surface area contributed by atoms with Gasteiger partial charge in [0.1, 0.15) is 11.3 Å². The average Bonchev–Trinajstić information content (AvgIpc) is 2.92. The Labute approximate surface area is 122 Å². The molecule has 0 spiro atoms. The molecule has 2 aromatic carbocycles. The van der Waals surface area contributed by atoms with E-state index in [1.807, 2.05) is 44.3 Å². The maximum Gasteiger partial charge on any atom is 0.126 e. The van der Waals surface area contributed by atoms with Gasteiger partial charge in [0.2, 0.25) is 0 Å². The van der Waals surface area contributed by atoms with Crippen molar-refractivity contribution < 1.29 is 4.39 Å². The lowest BCUT2D eigenvalue weighted by Crippen LogP contribution is -2.16. The molecule has 1 atom stereocenters. The summed E-state index contributed by atoms with van der Waals surface area (Å²) in [6.07, 6.45) is 0. The van der Waals surface area contributed by atoms with Crippen LogP contribution in [0, 0.1) is 12.7 Å². The summed E-state index contributed by atoms with van der Waals surface area (Å²) in [4.78, 5) is 0. The van der Waals surface area contributed by atoms with Gasteiger partial charge in [0.05, 0.1) is 11.2 Å². The second-order valence-electron chi connectivity index (χ2n) is 5.16. The Morgan fingerprint density at radius 2 is 2.00 bits per heavy atom. The van der Waals surface area contributed by atoms with Crippen LogP contribution in [0.25, 0.3) is 16.7 Å². The van der Waals surface area contributed by atoms with Gasteiger partial charge < -0.3 is 5.32 Å². The molecule has 0 radical (unpaired) electrons. The molecule has 0 aliphatic rings. The lowest BCUT2D eigenvalue weighted by Gasteiger charge is -2.17. The fraction of sp³-hybridized carbons (Fsp3) is 0.250. The Balaban J connectivity index is 2.28. The van der Waals surface area contributed by atoms with Gasteiger partial charge in [-0.2, -0.15) is 0 Å². The van der Waals surface area contributed by atoms with Crippen molar-refractivity contribution in [3.8, 4) is 5.69 Å². The van der Waals surface area contributed by atoms with E-state index >= 15 is 0 Å². The van der Waals surface area contributed by atoms with Crippen LogP contribution >= 0.6 is 0 Å². The molecule has 0 saturated carbocycles. The van der Waals surface area contributed by atoms with E-state index in [2.05, 4.69) is 15.6 Å². The molecule has 0 saturated heterocycles. The molecule has 1 N–H and O–H groups in total. The van der Waals surface area contributed by atoms with E-state index in [0.29, 0.717) is 5.56 Å². The van der Waals surface area contributed by atoms with Crippen LogP contribution in [0.15, 0.2) is 36.4 Å². The van der Waals surface area contributed by atoms with Gasteiger partial charge in [0.25, 0.3) is 0 Å². The quantitative estimate of drug-likeness (QED) is 0.803. The Hall–Kier alpha value is -2.27. The highest BCUT2D eigenvalue weighted by atomic mass is 19.1. The highest BCUT2D eigenvalue weighted by molar-refractivity contribution is 5.76. The van der Waals surface area contributed by atoms with Crippen molar-refractivity contribution in [1.29, 1.82) is 0 Å². The normalized spacial score (nSPS) is 12.8. The zero-order valence-corrected chi connectivity index (χ0v) is 12.3. The van der Waals surface area contributed by atoms with Crippen LogP contribution in [0.5, 0.6) is 0 Å². The topological polar surface area (TPSA) is 42.7 Å². The largest absolute Gasteiger partial charge is 0.313 e. The number of fused-ring (bicyclic) bond motifs is 1. The minimum atomic E-state index is -0.208. The first-order chi connectivity index (χ1) is 10.1. The van der Waals surface area contributed by atoms with E-state index in [4.69, 9.17) is 0 Å². The number of hydrogen-bond donors (Lipinski definition) is 1. The monoisotopic (exact) mass is 284 g/mol. The molecule has 0 amide bonds. The van der Waals surface area contributed by atoms with Crippen LogP contribution in [0.3, 0.4) is 0 Å². The van der Waals surface area contributed by atoms with Crippen LogP contribution in [0.2, 0.25) is 0 Å². The summed E-state index contributed by atoms with van der Waals surface area (Å²) >= 11 is 0. The summed E-state index contributed by atoms with van der Waals surface area (Å²) in [6, 6.07) is 11.1. The first-order valence-electron chi connectivity index (χ1n) is 6.90. The Morgan fingerprint density at radius 3 is 2.76 bits per heavy atom. The zero-order chi connectivity index (χ0) is 15.0. The summed E-state index contributed by atoms with van der Waals surface area (Å²) < 4.78 is 15.7. The van der Waals surface area contributed by atoms with Gasteiger partial charge in [-0.05, 0) is 56.3 Å². The minimum Gasteiger partial charge on any atom is -0.313 e. The molecule has 1 aromatic heterocycles. The van der Waals surface area contributed by atoms with Gasteiger partial charge in [-0.3, -0.25) is 0 Å². The summed E-state index contributed by atoms with van der Waals surface area (Å²) in [5, 5.41) is 11.6. The summed E-state index contributed by atoms with van der Waals surface area (Å²) in [6.45, 7) is 3.75. The van der Waals surface area contributed by atoms with Crippen molar-refractivity contribution in [2.24, 2.45) is 0 Å². The van der Waals surface area contributed by atoms with Gasteiger partial charge in [0.15, 0.2) is 0 Å². The molecule has 108 valence electrons. The smallest absolute Gasteiger partial charge is 0.126 e. The first-order valence-corrected chi connectivity index (χ1v) is 6.90. The number of para-hydroxylation sites is 1. The molecular weight excluding hydrogens is 267 g/mol. The lowest BCUT2D eigenvalue weighted by atomic mass is 10.0. The third kappa shape index (κ3) is 2.29. The maximum absolute atomic E-state index is 13.9. The highest BCUT2D eigenvalue weighted by Gasteiger charge is 2.16. The predicted octanol–water partition coefficient (Wildman–Crippen LogP) is 3.15. The van der Waals surface area contributed by atoms with Gasteiger partial charge in [-0.1, -0.05) is 17.3 Å². The molecule has 1 heterocycles. The molecule has 5 heteroatoms. The number of hydrogen-bond acceptors (Lipinski definition) is 3. The predicted molar refractivity (Wildman–Crippen MR) is 81.0 cm³/mol. The molecule has 21 heavy (non-hydrogen) atoms. The van der Waals surface area contributed by atoms with E-state index < -0.39 is 0 Å². The number of halogens is 1. The van der Waals surface area contributed by atoms with Crippen LogP contribution in [-0.2, 0) is 0 Å². The molecule has 3 rings (SSSR count). The Kier molecular flexibility index (Phi) is 3.43. The maximum atomic E-state index is 13.9. The molecule has 0 bridgehead atoms. The number of nitrogens with one attached hydrogen (secondary N) is 1. The van der Waals surface area contributed by atoms with Gasteiger partial charge in [-0.15, -0.1) is 5.10 Å². The van der Waals surface area contributed by atoms with E-state index in [1.54, 1.807) is 17.7 Å².